The van der Waals surface area contributed by atoms with E-state index in [9.17, 15) is 4.79 Å². The third kappa shape index (κ3) is 2.33. The first-order chi connectivity index (χ1) is 10.2. The van der Waals surface area contributed by atoms with Gasteiger partial charge in [-0.3, -0.25) is 9.89 Å². The van der Waals surface area contributed by atoms with Crippen molar-refractivity contribution in [2.45, 2.75) is 26.3 Å². The van der Waals surface area contributed by atoms with Crippen LogP contribution in [0, 0.1) is 0 Å². The van der Waals surface area contributed by atoms with Gasteiger partial charge in [-0.2, -0.15) is 15.2 Å². The first-order valence-electron chi connectivity index (χ1n) is 6.54. The third-order valence-corrected chi connectivity index (χ3v) is 3.18. The second kappa shape index (κ2) is 5.27. The summed E-state index contributed by atoms with van der Waals surface area (Å²) in [5.41, 5.74) is 1.24. The van der Waals surface area contributed by atoms with Gasteiger partial charge in [-0.15, -0.1) is 0 Å². The summed E-state index contributed by atoms with van der Waals surface area (Å²) in [4.78, 5) is 24.6. The van der Waals surface area contributed by atoms with Crippen molar-refractivity contribution in [3.63, 3.8) is 0 Å². The number of amides is 1. The van der Waals surface area contributed by atoms with Crippen molar-refractivity contribution >= 4 is 11.7 Å². The molecule has 2 N–H and O–H groups in total. The van der Waals surface area contributed by atoms with Crippen LogP contribution in [0.1, 0.15) is 41.8 Å². The first kappa shape index (κ1) is 13.2. The molecule has 1 atom stereocenters. The van der Waals surface area contributed by atoms with E-state index < -0.39 is 0 Å². The zero-order valence-electron chi connectivity index (χ0n) is 11.6. The van der Waals surface area contributed by atoms with E-state index in [1.54, 1.807) is 4.52 Å². The van der Waals surface area contributed by atoms with Gasteiger partial charge in [-0.1, -0.05) is 6.92 Å². The van der Waals surface area contributed by atoms with Crippen molar-refractivity contribution in [3.8, 4) is 0 Å². The molecule has 3 heterocycles. The van der Waals surface area contributed by atoms with Gasteiger partial charge in [-0.05, 0) is 13.3 Å². The maximum atomic E-state index is 12.4. The van der Waals surface area contributed by atoms with Gasteiger partial charge in [0.1, 0.15) is 18.5 Å². The first-order valence-corrected chi connectivity index (χ1v) is 6.54. The Morgan fingerprint density at radius 1 is 1.38 bits per heavy atom. The van der Waals surface area contributed by atoms with Gasteiger partial charge >= 0.3 is 0 Å². The van der Waals surface area contributed by atoms with Crippen LogP contribution in [0.4, 0.5) is 0 Å². The fourth-order valence-electron chi connectivity index (χ4n) is 2.12. The Morgan fingerprint density at radius 3 is 2.95 bits per heavy atom. The average molecular weight is 286 g/mol. The van der Waals surface area contributed by atoms with Gasteiger partial charge in [0.05, 0.1) is 17.3 Å². The zero-order valence-corrected chi connectivity index (χ0v) is 11.6. The number of fused-ring (bicyclic) bond motifs is 1. The van der Waals surface area contributed by atoms with Crippen LogP contribution in [0.2, 0.25) is 0 Å². The van der Waals surface area contributed by atoms with Crippen LogP contribution in [0.5, 0.6) is 0 Å². The Morgan fingerprint density at radius 2 is 2.24 bits per heavy atom. The van der Waals surface area contributed by atoms with Crippen LogP contribution in [0.25, 0.3) is 5.78 Å². The van der Waals surface area contributed by atoms with Gasteiger partial charge in [0, 0.05) is 6.20 Å². The Bertz CT molecular complexity index is 763. The summed E-state index contributed by atoms with van der Waals surface area (Å²) in [6.45, 7) is 3.78. The van der Waals surface area contributed by atoms with Crippen LogP contribution in [-0.2, 0) is 6.42 Å². The second-order valence-corrected chi connectivity index (χ2v) is 4.51. The largest absolute Gasteiger partial charge is 0.342 e. The molecule has 3 aromatic heterocycles. The lowest BCUT2D eigenvalue weighted by molar-refractivity contribution is 0.0936. The summed E-state index contributed by atoms with van der Waals surface area (Å²) in [5, 5.41) is 13.4. The predicted molar refractivity (Wildman–Crippen MR) is 72.4 cm³/mol. The number of rotatable bonds is 4. The lowest BCUT2D eigenvalue weighted by Crippen LogP contribution is -2.29. The summed E-state index contributed by atoms with van der Waals surface area (Å²) in [7, 11) is 0. The summed E-state index contributed by atoms with van der Waals surface area (Å²) in [5.74, 6) is 0.837. The predicted octanol–water partition coefficient (Wildman–Crippen LogP) is 0.296. The number of H-pyrrole nitrogens is 1. The Balaban J connectivity index is 1.90. The highest BCUT2D eigenvalue weighted by Crippen LogP contribution is 2.12. The van der Waals surface area contributed by atoms with Gasteiger partial charge in [-0.25, -0.2) is 14.5 Å². The molecule has 9 heteroatoms. The molecule has 1 unspecified atom stereocenters. The molecule has 0 fully saturated rings. The smallest absolute Gasteiger partial charge is 0.255 e. The minimum atomic E-state index is -0.281. The molecular formula is C12H14N8O. The van der Waals surface area contributed by atoms with Gasteiger partial charge < -0.3 is 5.32 Å². The Kier molecular flexibility index (Phi) is 3.30. The van der Waals surface area contributed by atoms with Crippen LogP contribution in [0.3, 0.4) is 0 Å². The average Bonchev–Trinajstić information content (AvgIpc) is 3.16. The van der Waals surface area contributed by atoms with E-state index in [0.29, 0.717) is 23.6 Å². The highest BCUT2D eigenvalue weighted by molar-refractivity contribution is 5.95. The quantitative estimate of drug-likeness (QED) is 0.712. The number of carbonyl (C=O) groups excluding carboxylic acids is 1. The molecule has 0 aliphatic rings. The van der Waals surface area contributed by atoms with E-state index in [4.69, 9.17) is 0 Å². The number of carbonyl (C=O) groups is 1. The molecule has 0 radical (unpaired) electrons. The van der Waals surface area contributed by atoms with Crippen molar-refractivity contribution in [1.29, 1.82) is 0 Å². The monoisotopic (exact) mass is 286 g/mol. The number of aromatic amines is 1. The topological polar surface area (TPSA) is 114 Å². The van der Waals surface area contributed by atoms with Crippen molar-refractivity contribution in [2.24, 2.45) is 0 Å². The zero-order chi connectivity index (χ0) is 14.8. The Labute approximate surface area is 119 Å². The van der Waals surface area contributed by atoms with E-state index in [2.05, 4.69) is 35.6 Å². The van der Waals surface area contributed by atoms with Crippen molar-refractivity contribution in [1.82, 2.24) is 40.1 Å². The SMILES string of the molecule is CCc1c(C(=O)NC(C)c2ncn[nH]2)cnc2ncnn12. The molecule has 3 aromatic rings. The Hall–Kier alpha value is -2.84. The van der Waals surface area contributed by atoms with Gasteiger partial charge in [0.2, 0.25) is 0 Å². The molecule has 0 bridgehead atoms. The lowest BCUT2D eigenvalue weighted by Gasteiger charge is -2.13. The molecule has 0 saturated heterocycles. The molecule has 21 heavy (non-hydrogen) atoms. The van der Waals surface area contributed by atoms with Gasteiger partial charge in [0.25, 0.3) is 11.7 Å². The lowest BCUT2D eigenvalue weighted by atomic mass is 10.1. The van der Waals surface area contributed by atoms with Crippen LogP contribution in [-0.4, -0.2) is 40.7 Å². The molecule has 0 aliphatic heterocycles. The molecule has 0 aliphatic carbocycles. The van der Waals surface area contributed by atoms with Gasteiger partial charge in [0.15, 0.2) is 0 Å². The number of hydrogen-bond donors (Lipinski definition) is 2. The molecule has 3 rings (SSSR count). The van der Waals surface area contributed by atoms with Crippen molar-refractivity contribution in [2.75, 3.05) is 0 Å². The second-order valence-electron chi connectivity index (χ2n) is 4.51. The fraction of sp³-hybridized carbons (Fsp3) is 0.333. The molecule has 9 nitrogen and oxygen atoms in total. The van der Waals surface area contributed by atoms with Crippen LogP contribution < -0.4 is 5.32 Å². The fourth-order valence-corrected chi connectivity index (χ4v) is 2.12. The minimum Gasteiger partial charge on any atom is -0.342 e. The van der Waals surface area contributed by atoms with E-state index in [1.165, 1.54) is 18.9 Å². The van der Waals surface area contributed by atoms with Crippen LogP contribution in [0.15, 0.2) is 18.9 Å². The number of nitrogens with one attached hydrogen (secondary N) is 2. The van der Waals surface area contributed by atoms with E-state index in [0.717, 1.165) is 5.69 Å². The number of aromatic nitrogens is 7. The maximum absolute atomic E-state index is 12.4. The third-order valence-electron chi connectivity index (χ3n) is 3.18. The summed E-state index contributed by atoms with van der Waals surface area (Å²) < 4.78 is 1.58. The summed E-state index contributed by atoms with van der Waals surface area (Å²) >= 11 is 0. The van der Waals surface area contributed by atoms with Crippen LogP contribution >= 0.6 is 0 Å². The van der Waals surface area contributed by atoms with E-state index in [-0.39, 0.29) is 11.9 Å². The molecule has 1 amide bonds. The van der Waals surface area contributed by atoms with E-state index >= 15 is 0 Å². The summed E-state index contributed by atoms with van der Waals surface area (Å²) in [6, 6.07) is -0.281. The minimum absolute atomic E-state index is 0.236. The molecule has 0 spiro atoms. The van der Waals surface area contributed by atoms with Crippen molar-refractivity contribution < 1.29 is 4.79 Å². The number of hydrogen-bond acceptors (Lipinski definition) is 6. The highest BCUT2D eigenvalue weighted by atomic mass is 16.1. The standard InChI is InChI=1S/C12H14N8O/c1-3-9-8(4-13-12-15-6-17-20(9)12)11(21)18-7(2)10-14-5-16-19-10/h4-7H,3H2,1-2H3,(H,18,21)(H,14,16,19). The summed E-state index contributed by atoms with van der Waals surface area (Å²) in [6.07, 6.45) is 4.98. The molecule has 0 aromatic carbocycles. The highest BCUT2D eigenvalue weighted by Gasteiger charge is 2.18. The molecule has 108 valence electrons. The normalized spacial score (nSPS) is 12.5. The number of aryl methyl sites for hydroxylation is 1. The van der Waals surface area contributed by atoms with E-state index in [1.807, 2.05) is 13.8 Å². The molecule has 0 saturated carbocycles. The van der Waals surface area contributed by atoms with Crippen molar-refractivity contribution in [3.05, 3.63) is 35.9 Å². The number of nitrogens with zero attached hydrogens (tertiary/aromatic N) is 6. The maximum Gasteiger partial charge on any atom is 0.255 e. The molecular weight excluding hydrogens is 272 g/mol.